The van der Waals surface area contributed by atoms with Crippen molar-refractivity contribution in [1.82, 2.24) is 5.43 Å². The Morgan fingerprint density at radius 2 is 1.95 bits per heavy atom. The molecule has 5 nitrogen and oxygen atoms in total. The van der Waals surface area contributed by atoms with E-state index in [9.17, 15) is 4.79 Å². The van der Waals surface area contributed by atoms with Gasteiger partial charge in [0.15, 0.2) is 0 Å². The molecule has 0 saturated carbocycles. The van der Waals surface area contributed by atoms with Gasteiger partial charge in [0.1, 0.15) is 5.75 Å². The van der Waals surface area contributed by atoms with Gasteiger partial charge in [-0.1, -0.05) is 24.3 Å². The van der Waals surface area contributed by atoms with E-state index in [1.165, 1.54) is 0 Å². The topological polar surface area (TPSA) is 76.7 Å². The number of carbonyl (C=O) groups excluding carboxylic acids is 1. The lowest BCUT2D eigenvalue weighted by atomic mass is 10.1. The fourth-order valence-electron chi connectivity index (χ4n) is 1.91. The van der Waals surface area contributed by atoms with Gasteiger partial charge in [-0.2, -0.15) is 5.10 Å². The minimum absolute atomic E-state index is 0.185. The third-order valence-electron chi connectivity index (χ3n) is 2.96. The van der Waals surface area contributed by atoms with E-state index in [0.29, 0.717) is 12.3 Å². The van der Waals surface area contributed by atoms with Crippen LogP contribution in [0, 0.1) is 0 Å². The van der Waals surface area contributed by atoms with Crippen LogP contribution < -0.4 is 15.9 Å². The molecule has 0 aliphatic heterocycles. The van der Waals surface area contributed by atoms with E-state index < -0.39 is 0 Å². The maximum atomic E-state index is 11.8. The van der Waals surface area contributed by atoms with Crippen molar-refractivity contribution in [2.75, 3.05) is 12.3 Å². The number of hydrogen-bond acceptors (Lipinski definition) is 4. The molecule has 2 rings (SSSR count). The Bertz CT molecular complexity index is 651. The van der Waals surface area contributed by atoms with Gasteiger partial charge in [-0.25, -0.2) is 5.43 Å². The second-order valence-electron chi connectivity index (χ2n) is 4.68. The van der Waals surface area contributed by atoms with Crippen LogP contribution in [0.4, 0.5) is 5.69 Å². The van der Waals surface area contributed by atoms with Crippen molar-refractivity contribution in [1.29, 1.82) is 0 Å². The lowest BCUT2D eigenvalue weighted by Gasteiger charge is -2.06. The molecule has 0 bridgehead atoms. The van der Waals surface area contributed by atoms with Crippen molar-refractivity contribution in [2.24, 2.45) is 5.10 Å². The molecule has 5 heteroatoms. The summed E-state index contributed by atoms with van der Waals surface area (Å²) >= 11 is 0. The molecule has 2 aromatic carbocycles. The van der Waals surface area contributed by atoms with Gasteiger partial charge in [0, 0.05) is 11.3 Å². The monoisotopic (exact) mass is 297 g/mol. The van der Waals surface area contributed by atoms with Crippen LogP contribution in [0.15, 0.2) is 53.6 Å². The number of nitrogens with one attached hydrogen (secondary N) is 1. The summed E-state index contributed by atoms with van der Waals surface area (Å²) in [5.41, 5.74) is 10.5. The van der Waals surface area contributed by atoms with Gasteiger partial charge in [0.2, 0.25) is 5.91 Å². The van der Waals surface area contributed by atoms with Gasteiger partial charge in [0.05, 0.1) is 19.2 Å². The lowest BCUT2D eigenvalue weighted by Crippen LogP contribution is -2.19. The van der Waals surface area contributed by atoms with E-state index in [0.717, 1.165) is 16.9 Å². The predicted octanol–water partition coefficient (Wildman–Crippen LogP) is 2.36. The first-order chi connectivity index (χ1) is 10.7. The predicted molar refractivity (Wildman–Crippen MR) is 87.9 cm³/mol. The molecule has 2 aromatic rings. The van der Waals surface area contributed by atoms with E-state index in [4.69, 9.17) is 10.5 Å². The molecule has 0 aromatic heterocycles. The zero-order valence-electron chi connectivity index (χ0n) is 12.5. The second kappa shape index (κ2) is 7.83. The standard InChI is InChI=1S/C17H19N3O2/c1-2-22-16-6-4-3-5-14(16)12-19-20-17(21)11-13-7-9-15(18)10-8-13/h3-10,12H,2,11,18H2,1H3,(H,20,21)/b19-12-. The van der Waals surface area contributed by atoms with E-state index >= 15 is 0 Å². The minimum Gasteiger partial charge on any atom is -0.493 e. The number of hydrazone groups is 1. The lowest BCUT2D eigenvalue weighted by molar-refractivity contribution is -0.120. The summed E-state index contributed by atoms with van der Waals surface area (Å²) in [7, 11) is 0. The van der Waals surface area contributed by atoms with Crippen LogP contribution in [0.25, 0.3) is 0 Å². The first kappa shape index (κ1) is 15.6. The van der Waals surface area contributed by atoms with Crippen molar-refractivity contribution in [2.45, 2.75) is 13.3 Å². The number of ether oxygens (including phenoxy) is 1. The summed E-state index contributed by atoms with van der Waals surface area (Å²) in [5.74, 6) is 0.552. The number of nitrogens with two attached hydrogens (primary N) is 1. The number of rotatable bonds is 6. The molecule has 22 heavy (non-hydrogen) atoms. The van der Waals surface area contributed by atoms with Crippen molar-refractivity contribution in [3.63, 3.8) is 0 Å². The number of benzene rings is 2. The first-order valence-electron chi connectivity index (χ1n) is 7.07. The van der Waals surface area contributed by atoms with Crippen LogP contribution in [0.3, 0.4) is 0 Å². The van der Waals surface area contributed by atoms with Crippen LogP contribution in [-0.2, 0) is 11.2 Å². The van der Waals surface area contributed by atoms with Crippen LogP contribution in [-0.4, -0.2) is 18.7 Å². The average molecular weight is 297 g/mol. The molecule has 114 valence electrons. The van der Waals surface area contributed by atoms with Crippen molar-refractivity contribution < 1.29 is 9.53 Å². The summed E-state index contributed by atoms with van der Waals surface area (Å²) in [5, 5.41) is 3.97. The van der Waals surface area contributed by atoms with E-state index in [1.807, 2.05) is 43.3 Å². The quantitative estimate of drug-likeness (QED) is 0.488. The summed E-state index contributed by atoms with van der Waals surface area (Å²) in [6.45, 7) is 2.50. The molecule has 0 saturated heterocycles. The molecule has 0 atom stereocenters. The maximum Gasteiger partial charge on any atom is 0.244 e. The highest BCUT2D eigenvalue weighted by Crippen LogP contribution is 2.15. The SMILES string of the molecule is CCOc1ccccc1/C=N\NC(=O)Cc1ccc(N)cc1. The number of nitrogen functional groups attached to an aromatic ring is 1. The van der Waals surface area contributed by atoms with Gasteiger partial charge in [-0.05, 0) is 36.8 Å². The molecular weight excluding hydrogens is 278 g/mol. The highest BCUT2D eigenvalue weighted by molar-refractivity contribution is 5.85. The smallest absolute Gasteiger partial charge is 0.244 e. The van der Waals surface area contributed by atoms with Crippen LogP contribution in [0.2, 0.25) is 0 Å². The van der Waals surface area contributed by atoms with Crippen LogP contribution >= 0.6 is 0 Å². The summed E-state index contributed by atoms with van der Waals surface area (Å²) in [4.78, 5) is 11.8. The van der Waals surface area contributed by atoms with Crippen LogP contribution in [0.5, 0.6) is 5.75 Å². The molecule has 0 radical (unpaired) electrons. The third kappa shape index (κ3) is 4.63. The number of carbonyl (C=O) groups is 1. The number of anilines is 1. The van der Waals surface area contributed by atoms with E-state index in [-0.39, 0.29) is 12.3 Å². The zero-order valence-corrected chi connectivity index (χ0v) is 12.5. The molecular formula is C17H19N3O2. The molecule has 0 unspecified atom stereocenters. The second-order valence-corrected chi connectivity index (χ2v) is 4.68. The van der Waals surface area contributed by atoms with Crippen molar-refractivity contribution in [3.05, 3.63) is 59.7 Å². The maximum absolute atomic E-state index is 11.8. The largest absolute Gasteiger partial charge is 0.493 e. The summed E-state index contributed by atoms with van der Waals surface area (Å²) in [6.07, 6.45) is 1.83. The fourth-order valence-corrected chi connectivity index (χ4v) is 1.91. The average Bonchev–Trinajstić information content (AvgIpc) is 2.51. The van der Waals surface area contributed by atoms with E-state index in [1.54, 1.807) is 18.3 Å². The normalized spacial score (nSPS) is 10.6. The number of nitrogens with zero attached hydrogens (tertiary/aromatic N) is 1. The van der Waals surface area contributed by atoms with Gasteiger partial charge in [-0.15, -0.1) is 0 Å². The number of amides is 1. The molecule has 3 N–H and O–H groups in total. The molecule has 0 fully saturated rings. The Morgan fingerprint density at radius 3 is 2.68 bits per heavy atom. The molecule has 0 heterocycles. The van der Waals surface area contributed by atoms with Gasteiger partial charge in [0.25, 0.3) is 0 Å². The molecule has 1 amide bonds. The minimum atomic E-state index is -0.185. The summed E-state index contributed by atoms with van der Waals surface area (Å²) < 4.78 is 5.49. The number of hydrogen-bond donors (Lipinski definition) is 2. The first-order valence-corrected chi connectivity index (χ1v) is 7.07. The fraction of sp³-hybridized carbons (Fsp3) is 0.176. The van der Waals surface area contributed by atoms with Gasteiger partial charge >= 0.3 is 0 Å². The Kier molecular flexibility index (Phi) is 5.54. The van der Waals surface area contributed by atoms with Gasteiger partial charge < -0.3 is 10.5 Å². The Morgan fingerprint density at radius 1 is 1.23 bits per heavy atom. The Balaban J connectivity index is 1.92. The van der Waals surface area contributed by atoms with Gasteiger partial charge in [-0.3, -0.25) is 4.79 Å². The zero-order chi connectivity index (χ0) is 15.8. The Hall–Kier alpha value is -2.82. The Labute approximate surface area is 129 Å². The third-order valence-corrected chi connectivity index (χ3v) is 2.96. The molecule has 0 aliphatic carbocycles. The molecule has 0 spiro atoms. The molecule has 0 aliphatic rings. The highest BCUT2D eigenvalue weighted by Gasteiger charge is 2.02. The number of para-hydroxylation sites is 1. The van der Waals surface area contributed by atoms with Crippen molar-refractivity contribution >= 4 is 17.8 Å². The van der Waals surface area contributed by atoms with Crippen molar-refractivity contribution in [3.8, 4) is 5.75 Å². The highest BCUT2D eigenvalue weighted by atomic mass is 16.5. The van der Waals surface area contributed by atoms with Crippen LogP contribution in [0.1, 0.15) is 18.1 Å². The summed E-state index contributed by atoms with van der Waals surface area (Å²) in [6, 6.07) is 14.7. The van der Waals surface area contributed by atoms with E-state index in [2.05, 4.69) is 10.5 Å².